The molecule has 6 atom stereocenters. The Kier molecular flexibility index (Phi) is 14.7. The molecule has 171 valence electrons. The summed E-state index contributed by atoms with van der Waals surface area (Å²) in [6, 6.07) is 0. The first-order valence-corrected chi connectivity index (χ1v) is 14.3. The van der Waals surface area contributed by atoms with Gasteiger partial charge in [-0.1, -0.05) is 92.6 Å². The quantitative estimate of drug-likeness (QED) is 0.171. The van der Waals surface area contributed by atoms with Gasteiger partial charge in [-0.15, -0.1) is 11.3 Å². The number of rotatable bonds is 3. The van der Waals surface area contributed by atoms with E-state index in [1.807, 2.05) is 19.1 Å². The summed E-state index contributed by atoms with van der Waals surface area (Å²) in [5, 5.41) is 0. The molecule has 0 heterocycles. The van der Waals surface area contributed by atoms with Gasteiger partial charge in [-0.3, -0.25) is 0 Å². The van der Waals surface area contributed by atoms with Crippen molar-refractivity contribution in [3.63, 3.8) is 0 Å². The van der Waals surface area contributed by atoms with Crippen LogP contribution in [-0.4, -0.2) is 13.8 Å². The molecule has 3 rings (SSSR count). The normalized spacial score (nSPS) is 32.2. The first kappa shape index (κ1) is 32.3. The Morgan fingerprint density at radius 2 is 1.57 bits per heavy atom. The fraction of sp³-hybridized carbons (Fsp3) is 0.741. The second kappa shape index (κ2) is 13.6. The Bertz CT molecular complexity index is 556. The van der Waals surface area contributed by atoms with Gasteiger partial charge in [0.1, 0.15) is 0 Å². The summed E-state index contributed by atoms with van der Waals surface area (Å²) >= 11 is 0. The van der Waals surface area contributed by atoms with Gasteiger partial charge in [-0.05, 0) is 61.9 Å². The van der Waals surface area contributed by atoms with E-state index in [9.17, 15) is 0 Å². The maximum atomic E-state index is 5.39. The Morgan fingerprint density at radius 3 is 2.03 bits per heavy atom. The molecule has 30 heavy (non-hydrogen) atoms. The summed E-state index contributed by atoms with van der Waals surface area (Å²) in [5.41, 5.74) is 3.71. The molecule has 0 spiro atoms. The van der Waals surface area contributed by atoms with E-state index >= 15 is 0 Å². The van der Waals surface area contributed by atoms with Crippen molar-refractivity contribution in [2.24, 2.45) is 29.6 Å². The van der Waals surface area contributed by atoms with E-state index in [-0.39, 0.29) is 42.1 Å². The zero-order chi connectivity index (χ0) is 20.2. The first-order chi connectivity index (χ1) is 12.6. The van der Waals surface area contributed by atoms with Gasteiger partial charge in [0, 0.05) is 0 Å². The number of nitrogens with zero attached hydrogens (tertiary/aromatic N) is 1. The van der Waals surface area contributed by atoms with E-state index in [1.54, 1.807) is 25.3 Å². The number of fused-ring (bicyclic) bond motifs is 2. The van der Waals surface area contributed by atoms with Crippen LogP contribution in [0.5, 0.6) is 0 Å². The molecule has 3 saturated carbocycles. The van der Waals surface area contributed by atoms with Crippen LogP contribution in [0.3, 0.4) is 0 Å². The predicted molar refractivity (Wildman–Crippen MR) is 137 cm³/mol. The number of hydrogen-bond donors (Lipinski definition) is 0. The van der Waals surface area contributed by atoms with Crippen molar-refractivity contribution in [3.05, 3.63) is 50.4 Å². The zero-order valence-electron chi connectivity index (χ0n) is 21.6. The molecule has 3 fully saturated rings. The monoisotopic (exact) mass is 464 g/mol. The van der Waals surface area contributed by atoms with Crippen molar-refractivity contribution in [1.29, 1.82) is 0 Å². The van der Waals surface area contributed by atoms with Crippen LogP contribution in [0.1, 0.15) is 73.1 Å². The maximum absolute atomic E-state index is 5.39. The fourth-order valence-electron chi connectivity index (χ4n) is 6.92. The molecule has 3 aliphatic rings. The molecule has 0 aromatic rings. The standard InChI is InChI=1S/C19H36NSi.C6H8.2CH3.Ti/c1-13-10-16-11-14-8-7-9-15(14)12-17(16)18(13)21(5,6)20-19(2,3)4;1-3-5-6-4-2;;;/h13-18H,7-12H2,1-6H3;4-6H,1H2,2H3;2*1H3;/q-1;;2*-1;+3/b;6-4+;;;/t13-,14?,15?,16?,17?,18?;;;;/m1..../s1. The topological polar surface area (TPSA) is 14.1 Å². The zero-order valence-corrected chi connectivity index (χ0v) is 24.2. The minimum atomic E-state index is -1.50. The smallest absolute Gasteiger partial charge is 0.660 e. The second-order valence-electron chi connectivity index (χ2n) is 10.9. The molecule has 0 aromatic heterocycles. The SMILES string of the molecule is C=C=C/C=C/C.C[C@@H]1CC2CC3CCCC3CC2C1[Si](C)(C)[N-]C(C)(C)C.[CH3-].[CH3-].[Ti+3]. The van der Waals surface area contributed by atoms with Crippen LogP contribution in [0.25, 0.3) is 4.98 Å². The van der Waals surface area contributed by atoms with Gasteiger partial charge in [-0.25, -0.2) is 0 Å². The first-order valence-electron chi connectivity index (χ1n) is 11.3. The molecule has 5 unspecified atom stereocenters. The number of hydrogen-bond acceptors (Lipinski definition) is 0. The Morgan fingerprint density at radius 1 is 1.00 bits per heavy atom. The van der Waals surface area contributed by atoms with E-state index in [1.165, 1.54) is 19.3 Å². The Hall–Kier alpha value is 0.151. The molecule has 3 aliphatic carbocycles. The van der Waals surface area contributed by atoms with Crippen molar-refractivity contribution in [3.8, 4) is 0 Å². The van der Waals surface area contributed by atoms with Gasteiger partial charge in [0.15, 0.2) is 0 Å². The van der Waals surface area contributed by atoms with E-state index in [0.29, 0.717) is 0 Å². The summed E-state index contributed by atoms with van der Waals surface area (Å²) in [6.45, 7) is 19.9. The minimum absolute atomic E-state index is 0. The van der Waals surface area contributed by atoms with E-state index in [4.69, 9.17) is 4.98 Å². The van der Waals surface area contributed by atoms with Gasteiger partial charge < -0.3 is 19.8 Å². The maximum Gasteiger partial charge on any atom is 3.00 e. The third-order valence-corrected chi connectivity index (χ3v) is 11.1. The van der Waals surface area contributed by atoms with Crippen LogP contribution in [0, 0.1) is 44.4 Å². The molecule has 0 saturated heterocycles. The van der Waals surface area contributed by atoms with Crippen molar-refractivity contribution in [2.45, 2.75) is 97.3 Å². The fourth-order valence-corrected chi connectivity index (χ4v) is 11.8. The molecule has 0 aliphatic heterocycles. The van der Waals surface area contributed by atoms with E-state index < -0.39 is 8.24 Å². The summed E-state index contributed by atoms with van der Waals surface area (Å²) in [4.78, 5) is 5.39. The van der Waals surface area contributed by atoms with Crippen LogP contribution >= 0.6 is 0 Å². The number of allylic oxidation sites excluding steroid dienone is 3. The van der Waals surface area contributed by atoms with Crippen LogP contribution in [0.2, 0.25) is 18.6 Å². The molecule has 0 aromatic carbocycles. The minimum Gasteiger partial charge on any atom is -0.660 e. The Balaban J connectivity index is 0. The molecular formula is C27H50NSiTi. The van der Waals surface area contributed by atoms with Gasteiger partial charge in [0.25, 0.3) is 0 Å². The van der Waals surface area contributed by atoms with Gasteiger partial charge in [-0.2, -0.15) is 0 Å². The van der Waals surface area contributed by atoms with E-state index in [0.717, 1.165) is 35.1 Å². The van der Waals surface area contributed by atoms with Gasteiger partial charge in [0.2, 0.25) is 0 Å². The molecule has 1 nitrogen and oxygen atoms in total. The third kappa shape index (κ3) is 8.59. The molecule has 0 bridgehead atoms. The molecule has 0 amide bonds. The Labute approximate surface area is 206 Å². The van der Waals surface area contributed by atoms with Crippen molar-refractivity contribution >= 4 is 8.24 Å². The molecule has 1 radical (unpaired) electrons. The largest absolute Gasteiger partial charge is 3.00 e. The van der Waals surface area contributed by atoms with Crippen molar-refractivity contribution < 1.29 is 21.7 Å². The van der Waals surface area contributed by atoms with Gasteiger partial charge >= 0.3 is 21.7 Å². The molecule has 3 heteroatoms. The summed E-state index contributed by atoms with van der Waals surface area (Å²) < 4.78 is 0. The van der Waals surface area contributed by atoms with Crippen molar-refractivity contribution in [2.75, 3.05) is 0 Å². The summed E-state index contributed by atoms with van der Waals surface area (Å²) in [5.74, 6) is 5.17. The van der Waals surface area contributed by atoms with Crippen LogP contribution < -0.4 is 0 Å². The van der Waals surface area contributed by atoms with Crippen molar-refractivity contribution in [1.82, 2.24) is 0 Å². The van der Waals surface area contributed by atoms with Gasteiger partial charge in [0.05, 0.1) is 0 Å². The molecular weight excluding hydrogens is 414 g/mol. The van der Waals surface area contributed by atoms with Crippen LogP contribution in [0.15, 0.2) is 30.5 Å². The molecule has 0 N–H and O–H groups in total. The van der Waals surface area contributed by atoms with E-state index in [2.05, 4.69) is 53.1 Å². The predicted octanol–water partition coefficient (Wildman–Crippen LogP) is 9.02. The summed E-state index contributed by atoms with van der Waals surface area (Å²) in [6.07, 6.45) is 14.8. The second-order valence-corrected chi connectivity index (χ2v) is 15.1. The average Bonchev–Trinajstić information content (AvgIpc) is 3.11. The summed E-state index contributed by atoms with van der Waals surface area (Å²) in [7, 11) is -1.50. The average molecular weight is 465 g/mol. The van der Waals surface area contributed by atoms with Crippen LogP contribution in [-0.2, 0) is 21.7 Å². The van der Waals surface area contributed by atoms with Crippen LogP contribution in [0.4, 0.5) is 0 Å². The third-order valence-electron chi connectivity index (χ3n) is 7.20.